The molecule has 2 aromatic rings. The summed E-state index contributed by atoms with van der Waals surface area (Å²) in [7, 11) is 0. The predicted octanol–water partition coefficient (Wildman–Crippen LogP) is 3.94. The topological polar surface area (TPSA) is 59.8 Å². The number of unbranched alkanes of at least 4 members (excludes halogenated alkanes) is 1. The third kappa shape index (κ3) is 3.63. The van der Waals surface area contributed by atoms with E-state index in [1.54, 1.807) is 12.1 Å². The molecule has 0 bridgehead atoms. The summed E-state index contributed by atoms with van der Waals surface area (Å²) in [5.41, 5.74) is 0.988. The number of benzene rings is 1. The Labute approximate surface area is 141 Å². The Morgan fingerprint density at radius 2 is 2.17 bits per heavy atom. The van der Waals surface area contributed by atoms with Crippen molar-refractivity contribution in [2.45, 2.75) is 58.4 Å². The summed E-state index contributed by atoms with van der Waals surface area (Å²) in [6, 6.07) is 4.73. The molecular formula is C18H23FN4O. The van der Waals surface area contributed by atoms with Crippen LogP contribution in [-0.4, -0.2) is 20.7 Å². The highest BCUT2D eigenvalue weighted by molar-refractivity contribution is 5.91. The maximum Gasteiger partial charge on any atom is 0.224 e. The minimum Gasteiger partial charge on any atom is -0.324 e. The van der Waals surface area contributed by atoms with Gasteiger partial charge in [0.25, 0.3) is 0 Å². The molecule has 1 aromatic heterocycles. The van der Waals surface area contributed by atoms with E-state index in [9.17, 15) is 9.18 Å². The highest BCUT2D eigenvalue weighted by atomic mass is 19.1. The van der Waals surface area contributed by atoms with Crippen molar-refractivity contribution < 1.29 is 9.18 Å². The van der Waals surface area contributed by atoms with E-state index in [2.05, 4.69) is 20.1 Å². The summed E-state index contributed by atoms with van der Waals surface area (Å²) in [5.74, 6) is 1.14. The molecule has 0 spiro atoms. The summed E-state index contributed by atoms with van der Waals surface area (Å²) >= 11 is 0. The van der Waals surface area contributed by atoms with Gasteiger partial charge in [0.2, 0.25) is 5.91 Å². The Morgan fingerprint density at radius 1 is 1.29 bits per heavy atom. The van der Waals surface area contributed by atoms with Crippen LogP contribution in [0.2, 0.25) is 0 Å². The predicted molar refractivity (Wildman–Crippen MR) is 91.1 cm³/mol. The fourth-order valence-electron chi connectivity index (χ4n) is 3.01. The molecule has 1 N–H and O–H groups in total. The van der Waals surface area contributed by atoms with Crippen molar-refractivity contribution in [3.8, 4) is 11.4 Å². The zero-order chi connectivity index (χ0) is 16.9. The van der Waals surface area contributed by atoms with E-state index in [0.29, 0.717) is 6.42 Å². The highest BCUT2D eigenvalue weighted by Gasteiger charge is 2.17. The number of aryl methyl sites for hydroxylation is 1. The summed E-state index contributed by atoms with van der Waals surface area (Å²) in [4.78, 5) is 11.9. The van der Waals surface area contributed by atoms with Crippen LogP contribution in [0.25, 0.3) is 11.4 Å². The third-order valence-corrected chi connectivity index (χ3v) is 4.37. The number of hydrogen-bond donors (Lipinski definition) is 1. The molecule has 24 heavy (non-hydrogen) atoms. The van der Waals surface area contributed by atoms with Crippen LogP contribution in [0.5, 0.6) is 0 Å². The van der Waals surface area contributed by atoms with Gasteiger partial charge in [0.15, 0.2) is 5.82 Å². The van der Waals surface area contributed by atoms with Gasteiger partial charge >= 0.3 is 0 Å². The number of amides is 1. The molecule has 0 unspecified atom stereocenters. The minimum absolute atomic E-state index is 0.159. The van der Waals surface area contributed by atoms with Crippen LogP contribution >= 0.6 is 0 Å². The van der Waals surface area contributed by atoms with Crippen molar-refractivity contribution in [2.24, 2.45) is 0 Å². The Morgan fingerprint density at radius 3 is 3.00 bits per heavy atom. The normalized spacial score (nSPS) is 14.1. The Hall–Kier alpha value is -2.24. The summed E-state index contributed by atoms with van der Waals surface area (Å²) < 4.78 is 16.2. The van der Waals surface area contributed by atoms with E-state index in [1.807, 2.05) is 6.92 Å². The first-order valence-electron chi connectivity index (χ1n) is 8.71. The summed E-state index contributed by atoms with van der Waals surface area (Å²) in [6.45, 7) is 2.90. The minimum atomic E-state index is -0.431. The van der Waals surface area contributed by atoms with Crippen molar-refractivity contribution in [2.75, 3.05) is 5.32 Å². The van der Waals surface area contributed by atoms with E-state index in [0.717, 1.165) is 55.9 Å². The standard InChI is InChI=1S/C18H23FN4O/c1-2-3-8-17(24)20-15-12-13(9-10-14(15)19)18-22-21-16-7-5-4-6-11-23(16)18/h9-10,12H,2-8,11H2,1H3,(H,20,24). The fourth-order valence-corrected chi connectivity index (χ4v) is 3.01. The number of hydrogen-bond acceptors (Lipinski definition) is 3. The molecule has 1 amide bonds. The van der Waals surface area contributed by atoms with Gasteiger partial charge in [0.05, 0.1) is 5.69 Å². The molecule has 0 saturated carbocycles. The van der Waals surface area contributed by atoms with E-state index in [-0.39, 0.29) is 11.6 Å². The van der Waals surface area contributed by atoms with Gasteiger partial charge in [-0.1, -0.05) is 19.8 Å². The smallest absolute Gasteiger partial charge is 0.224 e. The van der Waals surface area contributed by atoms with Gasteiger partial charge in [0, 0.05) is 24.9 Å². The molecule has 1 aromatic carbocycles. The van der Waals surface area contributed by atoms with E-state index < -0.39 is 5.82 Å². The van der Waals surface area contributed by atoms with Gasteiger partial charge in [-0.05, 0) is 37.5 Å². The lowest BCUT2D eigenvalue weighted by Crippen LogP contribution is -2.12. The average molecular weight is 330 g/mol. The van der Waals surface area contributed by atoms with E-state index >= 15 is 0 Å². The van der Waals surface area contributed by atoms with Crippen LogP contribution in [0.15, 0.2) is 18.2 Å². The number of aromatic nitrogens is 3. The lowest BCUT2D eigenvalue weighted by atomic mass is 10.1. The number of halogens is 1. The lowest BCUT2D eigenvalue weighted by molar-refractivity contribution is -0.116. The largest absolute Gasteiger partial charge is 0.324 e. The molecule has 2 heterocycles. The SMILES string of the molecule is CCCCC(=O)Nc1cc(-c2nnc3n2CCCCC3)ccc1F. The van der Waals surface area contributed by atoms with Gasteiger partial charge in [-0.3, -0.25) is 4.79 Å². The Bertz CT molecular complexity index is 726. The first kappa shape index (κ1) is 16.6. The second-order valence-corrected chi connectivity index (χ2v) is 6.25. The molecule has 0 radical (unpaired) electrons. The number of fused-ring (bicyclic) bond motifs is 1. The first-order chi connectivity index (χ1) is 11.7. The number of carbonyl (C=O) groups excluding carboxylic acids is 1. The third-order valence-electron chi connectivity index (χ3n) is 4.37. The fraction of sp³-hybridized carbons (Fsp3) is 0.500. The van der Waals surface area contributed by atoms with E-state index in [4.69, 9.17) is 0 Å². The maximum atomic E-state index is 14.0. The number of nitrogens with one attached hydrogen (secondary N) is 1. The Kier molecular flexibility index (Phi) is 5.23. The Balaban J connectivity index is 1.86. The van der Waals surface area contributed by atoms with Crippen LogP contribution in [-0.2, 0) is 17.8 Å². The summed E-state index contributed by atoms with van der Waals surface area (Å²) in [6.07, 6.45) is 6.47. The van der Waals surface area contributed by atoms with Crippen molar-refractivity contribution in [1.82, 2.24) is 14.8 Å². The molecule has 128 valence electrons. The quantitative estimate of drug-likeness (QED) is 0.903. The van der Waals surface area contributed by atoms with Gasteiger partial charge in [-0.2, -0.15) is 0 Å². The van der Waals surface area contributed by atoms with Crippen molar-refractivity contribution in [1.29, 1.82) is 0 Å². The molecule has 1 aliphatic heterocycles. The number of rotatable bonds is 5. The maximum absolute atomic E-state index is 14.0. The molecule has 5 nitrogen and oxygen atoms in total. The molecule has 0 saturated heterocycles. The van der Waals surface area contributed by atoms with E-state index in [1.165, 1.54) is 12.5 Å². The van der Waals surface area contributed by atoms with Crippen LogP contribution in [0.3, 0.4) is 0 Å². The van der Waals surface area contributed by atoms with Crippen LogP contribution in [0.1, 0.15) is 51.3 Å². The number of carbonyl (C=O) groups is 1. The zero-order valence-electron chi connectivity index (χ0n) is 14.0. The molecule has 0 aliphatic carbocycles. The van der Waals surface area contributed by atoms with Gasteiger partial charge in [-0.15, -0.1) is 10.2 Å². The molecule has 0 fully saturated rings. The molecule has 3 rings (SSSR count). The monoisotopic (exact) mass is 330 g/mol. The molecule has 0 atom stereocenters. The van der Waals surface area contributed by atoms with Crippen molar-refractivity contribution >= 4 is 11.6 Å². The van der Waals surface area contributed by atoms with Crippen molar-refractivity contribution in [3.05, 3.63) is 29.8 Å². The van der Waals surface area contributed by atoms with Gasteiger partial charge in [-0.25, -0.2) is 4.39 Å². The van der Waals surface area contributed by atoms with Crippen LogP contribution in [0.4, 0.5) is 10.1 Å². The highest BCUT2D eigenvalue weighted by Crippen LogP contribution is 2.26. The molecule has 6 heteroatoms. The van der Waals surface area contributed by atoms with Gasteiger partial charge in [0.1, 0.15) is 11.6 Å². The molecular weight excluding hydrogens is 307 g/mol. The second kappa shape index (κ2) is 7.55. The lowest BCUT2D eigenvalue weighted by Gasteiger charge is -2.10. The first-order valence-corrected chi connectivity index (χ1v) is 8.71. The average Bonchev–Trinajstić information content (AvgIpc) is 2.83. The molecule has 1 aliphatic rings. The van der Waals surface area contributed by atoms with Crippen molar-refractivity contribution in [3.63, 3.8) is 0 Å². The number of anilines is 1. The van der Waals surface area contributed by atoms with Crippen LogP contribution < -0.4 is 5.32 Å². The zero-order valence-corrected chi connectivity index (χ0v) is 14.0. The second-order valence-electron chi connectivity index (χ2n) is 6.25. The number of nitrogens with zero attached hydrogens (tertiary/aromatic N) is 3. The van der Waals surface area contributed by atoms with Crippen LogP contribution in [0, 0.1) is 5.82 Å². The van der Waals surface area contributed by atoms with Gasteiger partial charge < -0.3 is 9.88 Å². The summed E-state index contributed by atoms with van der Waals surface area (Å²) in [5, 5.41) is 11.2.